The van der Waals surface area contributed by atoms with Gasteiger partial charge in [-0.2, -0.15) is 0 Å². The molecule has 1 saturated heterocycles. The molecule has 1 heterocycles. The van der Waals surface area contributed by atoms with E-state index in [9.17, 15) is 4.79 Å². The van der Waals surface area contributed by atoms with E-state index in [4.69, 9.17) is 11.6 Å². The number of nitrogens with zero attached hydrogens (tertiary/aromatic N) is 2. The van der Waals surface area contributed by atoms with Crippen molar-refractivity contribution in [3.63, 3.8) is 0 Å². The van der Waals surface area contributed by atoms with Crippen molar-refractivity contribution in [1.82, 2.24) is 9.80 Å². The summed E-state index contributed by atoms with van der Waals surface area (Å²) in [6, 6.07) is 0. The van der Waals surface area contributed by atoms with E-state index in [2.05, 4.69) is 11.9 Å². The Hall–Kier alpha value is -0.280. The van der Waals surface area contributed by atoms with Crippen LogP contribution in [0.15, 0.2) is 0 Å². The minimum absolute atomic E-state index is 0.0277. The third-order valence-electron chi connectivity index (χ3n) is 2.79. The summed E-state index contributed by atoms with van der Waals surface area (Å²) in [5.74, 6) is 0.741. The van der Waals surface area contributed by atoms with Gasteiger partial charge in [0.25, 0.3) is 0 Å². The maximum atomic E-state index is 11.2. The van der Waals surface area contributed by atoms with Gasteiger partial charge in [0.15, 0.2) is 0 Å². The van der Waals surface area contributed by atoms with E-state index in [0.29, 0.717) is 5.92 Å². The van der Waals surface area contributed by atoms with Crippen molar-refractivity contribution in [3.05, 3.63) is 0 Å². The van der Waals surface area contributed by atoms with E-state index in [0.717, 1.165) is 13.1 Å². The van der Waals surface area contributed by atoms with Crippen molar-refractivity contribution in [1.29, 1.82) is 0 Å². The van der Waals surface area contributed by atoms with Crippen molar-refractivity contribution in [2.24, 2.45) is 5.92 Å². The fourth-order valence-electron chi connectivity index (χ4n) is 2.01. The standard InChI is InChI=1S/C10H19ClN2O/c1-12-5-3-4-9(7-12)8-13(2)10(14)6-11/h9H,3-8H2,1-2H3/t9-/m0/s1. The molecule has 1 aliphatic heterocycles. The normalized spacial score (nSPS) is 23.5. The highest BCUT2D eigenvalue weighted by Gasteiger charge is 2.20. The Morgan fingerprint density at radius 3 is 2.93 bits per heavy atom. The van der Waals surface area contributed by atoms with Crippen molar-refractivity contribution in [2.75, 3.05) is 39.6 Å². The predicted octanol–water partition coefficient (Wildman–Crippen LogP) is 1.03. The summed E-state index contributed by atoms with van der Waals surface area (Å²) in [4.78, 5) is 15.3. The van der Waals surface area contributed by atoms with Gasteiger partial charge in [-0.1, -0.05) is 0 Å². The molecule has 0 spiro atoms. The van der Waals surface area contributed by atoms with E-state index < -0.39 is 0 Å². The van der Waals surface area contributed by atoms with Gasteiger partial charge in [0, 0.05) is 20.1 Å². The summed E-state index contributed by atoms with van der Waals surface area (Å²) >= 11 is 5.49. The number of carbonyl (C=O) groups is 1. The van der Waals surface area contributed by atoms with Crippen LogP contribution in [0.2, 0.25) is 0 Å². The van der Waals surface area contributed by atoms with E-state index in [1.54, 1.807) is 4.90 Å². The number of likely N-dealkylation sites (tertiary alicyclic amines) is 1. The molecule has 1 fully saturated rings. The van der Waals surface area contributed by atoms with Crippen LogP contribution >= 0.6 is 11.6 Å². The zero-order chi connectivity index (χ0) is 10.6. The van der Waals surface area contributed by atoms with Gasteiger partial charge in [-0.05, 0) is 32.4 Å². The second-order valence-electron chi connectivity index (χ2n) is 4.18. The number of alkyl halides is 1. The minimum atomic E-state index is 0.0277. The van der Waals surface area contributed by atoms with Gasteiger partial charge in [-0.3, -0.25) is 4.79 Å². The number of carbonyl (C=O) groups excluding carboxylic acids is 1. The highest BCUT2D eigenvalue weighted by atomic mass is 35.5. The number of amides is 1. The number of halogens is 1. The van der Waals surface area contributed by atoms with Gasteiger partial charge in [0.1, 0.15) is 5.88 Å². The zero-order valence-electron chi connectivity index (χ0n) is 9.00. The molecule has 14 heavy (non-hydrogen) atoms. The average Bonchev–Trinajstić information content (AvgIpc) is 2.16. The molecule has 0 aromatic rings. The molecule has 0 aromatic heterocycles. The Kier molecular flexibility index (Phi) is 4.69. The van der Waals surface area contributed by atoms with Gasteiger partial charge in [0.2, 0.25) is 5.91 Å². The van der Waals surface area contributed by atoms with Crippen molar-refractivity contribution in [3.8, 4) is 0 Å². The van der Waals surface area contributed by atoms with Crippen LogP contribution in [-0.4, -0.2) is 55.3 Å². The Bertz CT molecular complexity index is 199. The minimum Gasteiger partial charge on any atom is -0.344 e. The Balaban J connectivity index is 2.32. The van der Waals surface area contributed by atoms with Crippen LogP contribution in [0.25, 0.3) is 0 Å². The molecule has 0 radical (unpaired) electrons. The second-order valence-corrected chi connectivity index (χ2v) is 4.45. The number of hydrogen-bond donors (Lipinski definition) is 0. The molecule has 1 amide bonds. The second kappa shape index (κ2) is 5.56. The van der Waals surface area contributed by atoms with E-state index >= 15 is 0 Å². The monoisotopic (exact) mass is 218 g/mol. The molecule has 3 nitrogen and oxygen atoms in total. The van der Waals surface area contributed by atoms with Crippen LogP contribution in [0.3, 0.4) is 0 Å². The summed E-state index contributed by atoms with van der Waals surface area (Å²) in [5, 5.41) is 0. The van der Waals surface area contributed by atoms with Crippen LogP contribution in [-0.2, 0) is 4.79 Å². The highest BCUT2D eigenvalue weighted by Crippen LogP contribution is 2.15. The lowest BCUT2D eigenvalue weighted by Gasteiger charge is -2.32. The molecule has 0 unspecified atom stereocenters. The summed E-state index contributed by atoms with van der Waals surface area (Å²) in [6.07, 6.45) is 2.47. The number of rotatable bonds is 3. The average molecular weight is 219 g/mol. The zero-order valence-corrected chi connectivity index (χ0v) is 9.76. The molecule has 0 bridgehead atoms. The largest absolute Gasteiger partial charge is 0.344 e. The third-order valence-corrected chi connectivity index (χ3v) is 3.02. The van der Waals surface area contributed by atoms with Gasteiger partial charge in [0.05, 0.1) is 0 Å². The van der Waals surface area contributed by atoms with Crippen LogP contribution in [0.1, 0.15) is 12.8 Å². The molecule has 0 saturated carbocycles. The van der Waals surface area contributed by atoms with Gasteiger partial charge >= 0.3 is 0 Å². The molecule has 1 rings (SSSR count). The fraction of sp³-hybridized carbons (Fsp3) is 0.900. The fourth-order valence-corrected chi connectivity index (χ4v) is 2.22. The van der Waals surface area contributed by atoms with Gasteiger partial charge in [-0.25, -0.2) is 0 Å². The first-order chi connectivity index (χ1) is 6.63. The van der Waals surface area contributed by atoms with Crippen molar-refractivity contribution < 1.29 is 4.79 Å². The first-order valence-electron chi connectivity index (χ1n) is 5.12. The molecular weight excluding hydrogens is 200 g/mol. The Morgan fingerprint density at radius 1 is 1.64 bits per heavy atom. The lowest BCUT2D eigenvalue weighted by atomic mass is 9.98. The summed E-state index contributed by atoms with van der Waals surface area (Å²) < 4.78 is 0. The number of piperidine rings is 1. The SMILES string of the molecule is CN1CCC[C@H](CN(C)C(=O)CCl)C1. The van der Waals surface area contributed by atoms with Crippen LogP contribution in [0.5, 0.6) is 0 Å². The molecule has 1 atom stereocenters. The van der Waals surface area contributed by atoms with E-state index in [-0.39, 0.29) is 11.8 Å². The smallest absolute Gasteiger partial charge is 0.237 e. The quantitative estimate of drug-likeness (QED) is 0.661. The molecule has 0 aliphatic carbocycles. The lowest BCUT2D eigenvalue weighted by molar-refractivity contribution is -0.128. The number of hydrogen-bond acceptors (Lipinski definition) is 2. The predicted molar refractivity (Wildman–Crippen MR) is 58.6 cm³/mol. The third kappa shape index (κ3) is 3.46. The molecular formula is C10H19ClN2O. The summed E-state index contributed by atoms with van der Waals surface area (Å²) in [6.45, 7) is 3.12. The lowest BCUT2D eigenvalue weighted by Crippen LogP contribution is -2.40. The van der Waals surface area contributed by atoms with Crippen LogP contribution in [0.4, 0.5) is 0 Å². The maximum absolute atomic E-state index is 11.2. The van der Waals surface area contributed by atoms with Gasteiger partial charge in [-0.15, -0.1) is 11.6 Å². The molecule has 0 N–H and O–H groups in total. The molecule has 4 heteroatoms. The molecule has 1 aliphatic rings. The Labute approximate surface area is 91.0 Å². The highest BCUT2D eigenvalue weighted by molar-refractivity contribution is 6.27. The topological polar surface area (TPSA) is 23.6 Å². The molecule has 82 valence electrons. The molecule has 0 aromatic carbocycles. The summed E-state index contributed by atoms with van der Waals surface area (Å²) in [5.41, 5.74) is 0. The van der Waals surface area contributed by atoms with Crippen molar-refractivity contribution >= 4 is 17.5 Å². The Morgan fingerprint density at radius 2 is 2.36 bits per heavy atom. The van der Waals surface area contributed by atoms with Gasteiger partial charge < -0.3 is 9.80 Å². The van der Waals surface area contributed by atoms with E-state index in [1.807, 2.05) is 7.05 Å². The first-order valence-corrected chi connectivity index (χ1v) is 5.65. The van der Waals surface area contributed by atoms with E-state index in [1.165, 1.54) is 19.4 Å². The van der Waals surface area contributed by atoms with Crippen LogP contribution < -0.4 is 0 Å². The van der Waals surface area contributed by atoms with Crippen LogP contribution in [0, 0.1) is 5.92 Å². The summed E-state index contributed by atoms with van der Waals surface area (Å²) in [7, 11) is 3.97. The first kappa shape index (κ1) is 11.8. The van der Waals surface area contributed by atoms with Crippen molar-refractivity contribution in [2.45, 2.75) is 12.8 Å². The maximum Gasteiger partial charge on any atom is 0.237 e.